The molecular weight excluding hydrogens is 565 g/mol. The van der Waals surface area contributed by atoms with Crippen molar-refractivity contribution in [1.82, 2.24) is 20.0 Å². The van der Waals surface area contributed by atoms with E-state index in [-0.39, 0.29) is 24.3 Å². The van der Waals surface area contributed by atoms with Gasteiger partial charge in [0.1, 0.15) is 23.9 Å². The number of piperidine rings is 1. The number of aromatic nitrogens is 2. The maximum atomic E-state index is 13.0. The van der Waals surface area contributed by atoms with Gasteiger partial charge in [0.05, 0.1) is 16.1 Å². The number of carbonyl (C=O) groups excluding carboxylic acids is 2. The molecule has 3 aromatic carbocycles. The summed E-state index contributed by atoms with van der Waals surface area (Å²) in [5.41, 5.74) is 3.45. The van der Waals surface area contributed by atoms with E-state index in [2.05, 4.69) is 44.5 Å². The molecule has 11 heteroatoms. The highest BCUT2D eigenvalue weighted by molar-refractivity contribution is 6.36. The van der Waals surface area contributed by atoms with E-state index in [9.17, 15) is 14.4 Å². The van der Waals surface area contributed by atoms with E-state index in [0.29, 0.717) is 33.3 Å². The second-order valence-electron chi connectivity index (χ2n) is 10.4. The van der Waals surface area contributed by atoms with Crippen LogP contribution in [0.1, 0.15) is 30.0 Å². The lowest BCUT2D eigenvalue weighted by Crippen LogP contribution is -2.46. The molecule has 0 spiro atoms. The van der Waals surface area contributed by atoms with Crippen LogP contribution in [0.4, 0.5) is 5.69 Å². The molecule has 2 fully saturated rings. The predicted octanol–water partition coefficient (Wildman–Crippen LogP) is 4.52. The topological polar surface area (TPSA) is 99.7 Å². The van der Waals surface area contributed by atoms with E-state index in [0.717, 1.165) is 44.0 Å². The van der Waals surface area contributed by atoms with Crippen LogP contribution in [0.25, 0.3) is 10.9 Å². The van der Waals surface area contributed by atoms with Crippen molar-refractivity contribution in [2.45, 2.75) is 32.0 Å². The molecule has 0 aliphatic carbocycles. The van der Waals surface area contributed by atoms with Gasteiger partial charge >= 0.3 is 0 Å². The summed E-state index contributed by atoms with van der Waals surface area (Å²) in [4.78, 5) is 41.6. The third-order valence-corrected chi connectivity index (χ3v) is 8.21. The SMILES string of the molecule is O=C1CCC(n2[nH]c3c(OCc4ccc(CN5CCN(c6ccc(Cl)cc6Cl)CC5)cc4)cccc3c2=O)C(=O)N1. The van der Waals surface area contributed by atoms with Crippen LogP contribution < -0.4 is 20.5 Å². The summed E-state index contributed by atoms with van der Waals surface area (Å²) in [6, 6.07) is 18.5. The molecule has 0 saturated carbocycles. The number of aromatic amines is 1. The largest absolute Gasteiger partial charge is 0.487 e. The number of amides is 2. The number of nitrogens with zero attached hydrogens (tertiary/aromatic N) is 3. The van der Waals surface area contributed by atoms with Crippen LogP contribution in [0.15, 0.2) is 65.5 Å². The fourth-order valence-electron chi connectivity index (χ4n) is 5.44. The van der Waals surface area contributed by atoms with Crippen molar-refractivity contribution in [2.75, 3.05) is 31.1 Å². The van der Waals surface area contributed by atoms with Crippen molar-refractivity contribution >= 4 is 51.6 Å². The summed E-state index contributed by atoms with van der Waals surface area (Å²) < 4.78 is 7.38. The van der Waals surface area contributed by atoms with Crippen LogP contribution in [0.5, 0.6) is 5.75 Å². The Morgan fingerprint density at radius 1 is 0.902 bits per heavy atom. The number of carbonyl (C=O) groups is 2. The van der Waals surface area contributed by atoms with Gasteiger partial charge in [0.15, 0.2) is 0 Å². The number of halogens is 2. The van der Waals surface area contributed by atoms with Crippen LogP contribution in [-0.2, 0) is 22.7 Å². The quantitative estimate of drug-likeness (QED) is 0.306. The minimum absolute atomic E-state index is 0.187. The molecule has 2 saturated heterocycles. The highest BCUT2D eigenvalue weighted by Crippen LogP contribution is 2.30. The van der Waals surface area contributed by atoms with Gasteiger partial charge in [0, 0.05) is 44.2 Å². The molecule has 4 aromatic rings. The zero-order valence-electron chi connectivity index (χ0n) is 22.2. The van der Waals surface area contributed by atoms with Crippen LogP contribution in [0.3, 0.4) is 0 Å². The van der Waals surface area contributed by atoms with Crippen molar-refractivity contribution in [3.05, 3.63) is 92.2 Å². The number of nitrogens with one attached hydrogen (secondary N) is 2. The van der Waals surface area contributed by atoms with E-state index < -0.39 is 11.9 Å². The number of fused-ring (bicyclic) bond motifs is 1. The number of imide groups is 1. The molecule has 2 aliphatic rings. The van der Waals surface area contributed by atoms with Gasteiger partial charge in [0.2, 0.25) is 5.91 Å². The predicted molar refractivity (Wildman–Crippen MR) is 159 cm³/mol. The van der Waals surface area contributed by atoms with Crippen LogP contribution in [-0.4, -0.2) is 52.7 Å². The fraction of sp³-hybridized carbons (Fsp3) is 0.300. The van der Waals surface area contributed by atoms with Crippen molar-refractivity contribution < 1.29 is 14.3 Å². The minimum Gasteiger partial charge on any atom is -0.487 e. The number of hydrogen-bond acceptors (Lipinski definition) is 6. The summed E-state index contributed by atoms with van der Waals surface area (Å²) in [5, 5.41) is 7.09. The standard InChI is InChI=1S/C30H29Cl2N5O4/c31-21-8-9-24(23(32)16-21)36-14-12-35(13-15-36)17-19-4-6-20(7-5-19)18-41-26-3-1-2-22-28(26)34-37(30(22)40)25-10-11-27(38)33-29(25)39/h1-9,16,25,34H,10-15,17-18H2,(H,33,38,39). The Balaban J connectivity index is 1.06. The Hall–Kier alpha value is -3.79. The van der Waals surface area contributed by atoms with Gasteiger partial charge in [-0.2, -0.15) is 0 Å². The average Bonchev–Trinajstić information content (AvgIpc) is 3.30. The number of piperazine rings is 1. The van der Waals surface area contributed by atoms with Gasteiger partial charge < -0.3 is 9.64 Å². The second-order valence-corrected chi connectivity index (χ2v) is 11.2. The molecule has 1 atom stereocenters. The minimum atomic E-state index is -0.758. The summed E-state index contributed by atoms with van der Waals surface area (Å²) in [7, 11) is 0. The van der Waals surface area contributed by atoms with Gasteiger partial charge in [-0.25, -0.2) is 4.68 Å². The maximum absolute atomic E-state index is 13.0. The Bertz CT molecular complexity index is 1660. The number of para-hydroxylation sites is 1. The van der Waals surface area contributed by atoms with Crippen molar-refractivity contribution in [3.63, 3.8) is 0 Å². The van der Waals surface area contributed by atoms with Gasteiger partial charge in [-0.05, 0) is 47.9 Å². The van der Waals surface area contributed by atoms with Gasteiger partial charge in [0.25, 0.3) is 11.5 Å². The summed E-state index contributed by atoms with van der Waals surface area (Å²) in [5.74, 6) is -0.286. The van der Waals surface area contributed by atoms with E-state index in [4.69, 9.17) is 27.9 Å². The summed E-state index contributed by atoms with van der Waals surface area (Å²) >= 11 is 12.4. The van der Waals surface area contributed by atoms with E-state index >= 15 is 0 Å². The van der Waals surface area contributed by atoms with Crippen LogP contribution >= 0.6 is 23.2 Å². The zero-order valence-corrected chi connectivity index (χ0v) is 23.8. The lowest BCUT2D eigenvalue weighted by Gasteiger charge is -2.36. The molecule has 0 bridgehead atoms. The first-order valence-corrected chi connectivity index (χ1v) is 14.3. The Labute approximate surface area is 246 Å². The number of anilines is 1. The molecule has 1 unspecified atom stereocenters. The molecule has 3 heterocycles. The molecule has 2 amide bonds. The third-order valence-electron chi connectivity index (χ3n) is 7.68. The van der Waals surface area contributed by atoms with Gasteiger partial charge in [-0.15, -0.1) is 0 Å². The van der Waals surface area contributed by atoms with E-state index in [1.807, 2.05) is 12.1 Å². The Kier molecular flexibility index (Phi) is 7.75. The maximum Gasteiger partial charge on any atom is 0.275 e. The number of ether oxygens (including phenoxy) is 1. The van der Waals surface area contributed by atoms with Crippen LogP contribution in [0.2, 0.25) is 10.0 Å². The van der Waals surface area contributed by atoms with Crippen molar-refractivity contribution in [1.29, 1.82) is 0 Å². The molecule has 9 nitrogen and oxygen atoms in total. The lowest BCUT2D eigenvalue weighted by molar-refractivity contribution is -0.136. The van der Waals surface area contributed by atoms with Crippen molar-refractivity contribution in [3.8, 4) is 5.75 Å². The van der Waals surface area contributed by atoms with Crippen LogP contribution in [0, 0.1) is 0 Å². The number of H-pyrrole nitrogens is 1. The molecule has 1 aromatic heterocycles. The highest BCUT2D eigenvalue weighted by Gasteiger charge is 2.30. The van der Waals surface area contributed by atoms with Gasteiger partial charge in [-0.1, -0.05) is 53.5 Å². The first kappa shape index (κ1) is 27.4. The normalized spacial score (nSPS) is 18.1. The molecule has 41 heavy (non-hydrogen) atoms. The lowest BCUT2D eigenvalue weighted by atomic mass is 10.1. The molecular formula is C30H29Cl2N5O4. The van der Waals surface area contributed by atoms with E-state index in [1.165, 1.54) is 10.2 Å². The Morgan fingerprint density at radius 3 is 2.39 bits per heavy atom. The molecule has 2 aliphatic heterocycles. The summed E-state index contributed by atoms with van der Waals surface area (Å²) in [6.07, 6.45) is 0.457. The second kappa shape index (κ2) is 11.6. The molecule has 212 valence electrons. The highest BCUT2D eigenvalue weighted by atomic mass is 35.5. The number of rotatable bonds is 7. The number of benzene rings is 3. The smallest absolute Gasteiger partial charge is 0.275 e. The first-order chi connectivity index (χ1) is 19.9. The monoisotopic (exact) mass is 593 g/mol. The average molecular weight is 594 g/mol. The van der Waals surface area contributed by atoms with E-state index in [1.54, 1.807) is 24.3 Å². The van der Waals surface area contributed by atoms with Crippen molar-refractivity contribution in [2.24, 2.45) is 0 Å². The number of hydrogen-bond donors (Lipinski definition) is 2. The third kappa shape index (κ3) is 5.84. The molecule has 2 N–H and O–H groups in total. The summed E-state index contributed by atoms with van der Waals surface area (Å²) in [6.45, 7) is 4.84. The molecule has 0 radical (unpaired) electrons. The Morgan fingerprint density at radius 2 is 1.66 bits per heavy atom. The van der Waals surface area contributed by atoms with Gasteiger partial charge in [-0.3, -0.25) is 29.7 Å². The zero-order chi connectivity index (χ0) is 28.5. The first-order valence-electron chi connectivity index (χ1n) is 13.6. The fourth-order valence-corrected chi connectivity index (χ4v) is 5.97. The molecule has 6 rings (SSSR count).